The van der Waals surface area contributed by atoms with E-state index >= 15 is 0 Å². The average Bonchev–Trinajstić information content (AvgIpc) is 2.68. The van der Waals surface area contributed by atoms with E-state index < -0.39 is 0 Å². The van der Waals surface area contributed by atoms with Crippen LogP contribution in [0.1, 0.15) is 24.8 Å². The zero-order valence-corrected chi connectivity index (χ0v) is 12.4. The summed E-state index contributed by atoms with van der Waals surface area (Å²) in [5, 5.41) is 2.77. The number of carbonyl (C=O) groups is 2. The van der Waals surface area contributed by atoms with Gasteiger partial charge in [-0.15, -0.1) is 0 Å². The Morgan fingerprint density at radius 3 is 3.10 bits per heavy atom. The predicted octanol–water partition coefficient (Wildman–Crippen LogP) is 1.50. The minimum atomic E-state index is -0.0724. The molecule has 0 atom stereocenters. The Hall–Kier alpha value is -2.04. The van der Waals surface area contributed by atoms with E-state index in [0.29, 0.717) is 32.5 Å². The van der Waals surface area contributed by atoms with Crippen molar-refractivity contribution in [2.24, 2.45) is 0 Å². The molecule has 2 amide bonds. The molecular weight excluding hydrogens is 268 g/mol. The lowest BCUT2D eigenvalue weighted by Gasteiger charge is -2.18. The van der Waals surface area contributed by atoms with E-state index in [9.17, 15) is 9.59 Å². The first kappa shape index (κ1) is 15.4. The third-order valence-electron chi connectivity index (χ3n) is 3.41. The van der Waals surface area contributed by atoms with Crippen molar-refractivity contribution in [3.63, 3.8) is 0 Å². The number of carbonyl (C=O) groups excluding carboxylic acids is 2. The molecule has 0 bridgehead atoms. The summed E-state index contributed by atoms with van der Waals surface area (Å²) in [5.41, 5.74) is 1.15. The minimum Gasteiger partial charge on any atom is -0.494 e. The molecule has 114 valence electrons. The van der Waals surface area contributed by atoms with E-state index in [1.54, 1.807) is 4.90 Å². The zero-order valence-electron chi connectivity index (χ0n) is 12.4. The molecule has 0 unspecified atom stereocenters. The lowest BCUT2D eigenvalue weighted by Crippen LogP contribution is -2.37. The summed E-state index contributed by atoms with van der Waals surface area (Å²) >= 11 is 0. The number of nitrogens with zero attached hydrogens (tertiary/aromatic N) is 1. The molecule has 0 aliphatic carbocycles. The molecule has 0 radical (unpaired) electrons. The average molecular weight is 290 g/mol. The maximum Gasteiger partial charge on any atom is 0.239 e. The van der Waals surface area contributed by atoms with Gasteiger partial charge in [-0.05, 0) is 37.5 Å². The number of benzene rings is 1. The van der Waals surface area contributed by atoms with Gasteiger partial charge in [-0.1, -0.05) is 12.1 Å². The van der Waals surface area contributed by atoms with Gasteiger partial charge in [0.2, 0.25) is 11.8 Å². The van der Waals surface area contributed by atoms with Crippen molar-refractivity contribution in [3.05, 3.63) is 29.8 Å². The van der Waals surface area contributed by atoms with E-state index in [1.807, 2.05) is 31.2 Å². The highest BCUT2D eigenvalue weighted by Gasteiger charge is 2.18. The van der Waals surface area contributed by atoms with E-state index in [0.717, 1.165) is 17.7 Å². The molecule has 1 fully saturated rings. The zero-order chi connectivity index (χ0) is 15.1. The number of aryl methyl sites for hydroxylation is 1. The molecule has 1 aliphatic heterocycles. The van der Waals surface area contributed by atoms with Gasteiger partial charge in [0.05, 0.1) is 13.2 Å². The standard InChI is InChI=1S/C16H22N2O3/c1-13-5-2-6-14(11-13)21-10-3-7-16(20)18-9-4-8-17-15(19)12-18/h2,5-6,11H,3-4,7-10,12H2,1H3,(H,17,19). The van der Waals surface area contributed by atoms with Crippen molar-refractivity contribution in [3.8, 4) is 5.75 Å². The summed E-state index contributed by atoms with van der Waals surface area (Å²) in [7, 11) is 0. The van der Waals surface area contributed by atoms with Crippen LogP contribution in [0.25, 0.3) is 0 Å². The monoisotopic (exact) mass is 290 g/mol. The van der Waals surface area contributed by atoms with Gasteiger partial charge in [0.15, 0.2) is 0 Å². The number of ether oxygens (including phenoxy) is 1. The summed E-state index contributed by atoms with van der Waals surface area (Å²) < 4.78 is 5.62. The minimum absolute atomic E-state index is 0.0277. The molecule has 1 aromatic rings. The summed E-state index contributed by atoms with van der Waals surface area (Å²) in [5.74, 6) is 0.786. The third-order valence-corrected chi connectivity index (χ3v) is 3.41. The summed E-state index contributed by atoms with van der Waals surface area (Å²) in [6, 6.07) is 7.85. The van der Waals surface area contributed by atoms with Crippen LogP contribution in [-0.2, 0) is 9.59 Å². The lowest BCUT2D eigenvalue weighted by atomic mass is 10.2. The second kappa shape index (κ2) is 7.67. The molecule has 0 saturated carbocycles. The maximum absolute atomic E-state index is 12.1. The maximum atomic E-state index is 12.1. The second-order valence-corrected chi connectivity index (χ2v) is 5.29. The molecule has 0 aromatic heterocycles. The van der Waals surface area contributed by atoms with E-state index in [-0.39, 0.29) is 18.4 Å². The van der Waals surface area contributed by atoms with Gasteiger partial charge in [0.1, 0.15) is 5.75 Å². The Kier molecular flexibility index (Phi) is 5.60. The van der Waals surface area contributed by atoms with Crippen LogP contribution in [0.15, 0.2) is 24.3 Å². The van der Waals surface area contributed by atoms with Gasteiger partial charge < -0.3 is 15.0 Å². The molecular formula is C16H22N2O3. The van der Waals surface area contributed by atoms with Crippen LogP contribution < -0.4 is 10.1 Å². The molecule has 1 aliphatic rings. The normalized spacial score (nSPS) is 15.3. The van der Waals surface area contributed by atoms with Crippen molar-refractivity contribution in [2.45, 2.75) is 26.2 Å². The predicted molar refractivity (Wildman–Crippen MR) is 80.1 cm³/mol. The Morgan fingerprint density at radius 1 is 1.43 bits per heavy atom. The number of rotatable bonds is 5. The fourth-order valence-corrected chi connectivity index (χ4v) is 2.30. The van der Waals surface area contributed by atoms with Crippen LogP contribution in [0.3, 0.4) is 0 Å². The molecule has 1 heterocycles. The number of hydrogen-bond acceptors (Lipinski definition) is 3. The topological polar surface area (TPSA) is 58.6 Å². The quantitative estimate of drug-likeness (QED) is 0.836. The second-order valence-electron chi connectivity index (χ2n) is 5.29. The van der Waals surface area contributed by atoms with Gasteiger partial charge in [-0.25, -0.2) is 0 Å². The van der Waals surface area contributed by atoms with Gasteiger partial charge in [-0.2, -0.15) is 0 Å². The highest BCUT2D eigenvalue weighted by molar-refractivity contribution is 5.85. The van der Waals surface area contributed by atoms with Crippen molar-refractivity contribution in [1.82, 2.24) is 10.2 Å². The van der Waals surface area contributed by atoms with Crippen LogP contribution in [-0.4, -0.2) is 43.0 Å². The fourth-order valence-electron chi connectivity index (χ4n) is 2.30. The lowest BCUT2D eigenvalue weighted by molar-refractivity contribution is -0.135. The van der Waals surface area contributed by atoms with Crippen LogP contribution in [0.2, 0.25) is 0 Å². The smallest absolute Gasteiger partial charge is 0.239 e. The van der Waals surface area contributed by atoms with Crippen LogP contribution in [0.5, 0.6) is 5.75 Å². The number of hydrogen-bond donors (Lipinski definition) is 1. The SMILES string of the molecule is Cc1cccc(OCCCC(=O)N2CCCNC(=O)C2)c1. The molecule has 21 heavy (non-hydrogen) atoms. The molecule has 1 N–H and O–H groups in total. The van der Waals surface area contributed by atoms with E-state index in [1.165, 1.54) is 0 Å². The molecule has 5 nitrogen and oxygen atoms in total. The summed E-state index contributed by atoms with van der Waals surface area (Å²) in [4.78, 5) is 25.1. The molecule has 5 heteroatoms. The van der Waals surface area contributed by atoms with Crippen molar-refractivity contribution < 1.29 is 14.3 Å². The first-order chi connectivity index (χ1) is 10.1. The van der Waals surface area contributed by atoms with Crippen LogP contribution >= 0.6 is 0 Å². The van der Waals surface area contributed by atoms with Gasteiger partial charge in [0.25, 0.3) is 0 Å². The molecule has 1 saturated heterocycles. The fraction of sp³-hybridized carbons (Fsp3) is 0.500. The Labute approximate surface area is 125 Å². The molecule has 0 spiro atoms. The Balaban J connectivity index is 1.70. The van der Waals surface area contributed by atoms with Crippen molar-refractivity contribution >= 4 is 11.8 Å². The molecule has 1 aromatic carbocycles. The third kappa shape index (κ3) is 5.10. The summed E-state index contributed by atoms with van der Waals surface area (Å²) in [6.07, 6.45) is 1.89. The van der Waals surface area contributed by atoms with Gasteiger partial charge >= 0.3 is 0 Å². The highest BCUT2D eigenvalue weighted by atomic mass is 16.5. The Morgan fingerprint density at radius 2 is 2.29 bits per heavy atom. The first-order valence-corrected chi connectivity index (χ1v) is 7.39. The first-order valence-electron chi connectivity index (χ1n) is 7.39. The largest absolute Gasteiger partial charge is 0.494 e. The van der Waals surface area contributed by atoms with Crippen LogP contribution in [0, 0.1) is 6.92 Å². The molecule has 2 rings (SSSR count). The highest BCUT2D eigenvalue weighted by Crippen LogP contribution is 2.13. The van der Waals surface area contributed by atoms with E-state index in [4.69, 9.17) is 4.74 Å². The Bertz CT molecular complexity index is 502. The van der Waals surface area contributed by atoms with E-state index in [2.05, 4.69) is 5.32 Å². The van der Waals surface area contributed by atoms with Gasteiger partial charge in [-0.3, -0.25) is 9.59 Å². The van der Waals surface area contributed by atoms with Crippen LogP contribution in [0.4, 0.5) is 0 Å². The number of nitrogens with one attached hydrogen (secondary N) is 1. The van der Waals surface area contributed by atoms with Crippen molar-refractivity contribution in [2.75, 3.05) is 26.2 Å². The van der Waals surface area contributed by atoms with Gasteiger partial charge in [0, 0.05) is 19.5 Å². The summed E-state index contributed by atoms with van der Waals surface area (Å²) in [6.45, 7) is 4.00. The number of amides is 2. The van der Waals surface area contributed by atoms with Crippen molar-refractivity contribution in [1.29, 1.82) is 0 Å².